The highest BCUT2D eigenvalue weighted by Crippen LogP contribution is 2.27. The molecule has 0 radical (unpaired) electrons. The molecule has 1 aliphatic rings. The van der Waals surface area contributed by atoms with Gasteiger partial charge in [-0.25, -0.2) is 0 Å². The van der Waals surface area contributed by atoms with Crippen molar-refractivity contribution in [1.29, 1.82) is 5.26 Å². The number of nitro benzene ring substituents is 1. The average molecular weight is 260 g/mol. The van der Waals surface area contributed by atoms with Gasteiger partial charge in [-0.05, 0) is 12.1 Å². The average Bonchev–Trinajstić information content (AvgIpc) is 2.70. The molecule has 0 saturated carbocycles. The van der Waals surface area contributed by atoms with Gasteiger partial charge in [0, 0.05) is 18.9 Å². The van der Waals surface area contributed by atoms with Crippen LogP contribution in [-0.4, -0.2) is 21.7 Å². The number of carbonyl (C=O) groups is 2. The molecule has 0 aromatic heterocycles. The third kappa shape index (κ3) is 2.35. The quantitative estimate of drug-likeness (QED) is 0.491. The second-order valence-electron chi connectivity index (χ2n) is 3.84. The number of amides is 2. The molecular weight excluding hydrogens is 252 g/mol. The third-order valence-electron chi connectivity index (χ3n) is 2.61. The topological polar surface area (TPSA) is 116 Å². The van der Waals surface area contributed by atoms with Gasteiger partial charge >= 0.3 is 0 Å². The van der Waals surface area contributed by atoms with Crippen LogP contribution in [0.5, 0.6) is 0 Å². The Kier molecular flexibility index (Phi) is 3.12. The standard InChI is InChI=1S/C11H8N4O4/c12-6-7-1-2-8(9(5-7)15(18)19)13-14-10(16)3-4-11(14)17/h1-2,5,13H,3-4H2. The lowest BCUT2D eigenvalue weighted by molar-refractivity contribution is -0.384. The molecule has 1 aromatic carbocycles. The summed E-state index contributed by atoms with van der Waals surface area (Å²) in [6.07, 6.45) is 0.159. The maximum absolute atomic E-state index is 11.4. The lowest BCUT2D eigenvalue weighted by Gasteiger charge is -2.16. The predicted octanol–water partition coefficient (Wildman–Crippen LogP) is 0.942. The Bertz CT molecular complexity index is 604. The second kappa shape index (κ2) is 4.73. The Morgan fingerprint density at radius 1 is 1.32 bits per heavy atom. The van der Waals surface area contributed by atoms with Crippen molar-refractivity contribution in [1.82, 2.24) is 5.01 Å². The fourth-order valence-electron chi connectivity index (χ4n) is 1.67. The molecule has 2 amide bonds. The first-order valence-electron chi connectivity index (χ1n) is 5.34. The normalized spacial score (nSPS) is 14.4. The van der Waals surface area contributed by atoms with E-state index in [1.807, 2.05) is 0 Å². The molecule has 8 heteroatoms. The van der Waals surface area contributed by atoms with Crippen molar-refractivity contribution in [3.05, 3.63) is 33.9 Å². The Hall–Kier alpha value is -2.95. The molecule has 8 nitrogen and oxygen atoms in total. The molecule has 19 heavy (non-hydrogen) atoms. The predicted molar refractivity (Wildman–Crippen MR) is 62.5 cm³/mol. The van der Waals surface area contributed by atoms with Gasteiger partial charge in [-0.15, -0.1) is 0 Å². The van der Waals surface area contributed by atoms with Crippen LogP contribution >= 0.6 is 0 Å². The van der Waals surface area contributed by atoms with Crippen LogP contribution in [0.1, 0.15) is 18.4 Å². The Morgan fingerprint density at radius 2 is 1.95 bits per heavy atom. The highest BCUT2D eigenvalue weighted by molar-refractivity contribution is 6.03. The van der Waals surface area contributed by atoms with Gasteiger partial charge in [0.1, 0.15) is 5.69 Å². The summed E-state index contributed by atoms with van der Waals surface area (Å²) >= 11 is 0. The van der Waals surface area contributed by atoms with E-state index in [9.17, 15) is 19.7 Å². The first-order valence-corrected chi connectivity index (χ1v) is 5.34. The summed E-state index contributed by atoms with van der Waals surface area (Å²) in [5.41, 5.74) is 2.17. The van der Waals surface area contributed by atoms with E-state index in [1.54, 1.807) is 6.07 Å². The summed E-state index contributed by atoms with van der Waals surface area (Å²) in [6, 6.07) is 5.51. The molecule has 96 valence electrons. The minimum absolute atomic E-state index is 0.00685. The Labute approximate surface area is 107 Å². The van der Waals surface area contributed by atoms with Crippen LogP contribution < -0.4 is 5.43 Å². The number of rotatable bonds is 3. The van der Waals surface area contributed by atoms with E-state index >= 15 is 0 Å². The molecule has 2 rings (SSSR count). The van der Waals surface area contributed by atoms with E-state index in [2.05, 4.69) is 5.43 Å². The van der Waals surface area contributed by atoms with Crippen molar-refractivity contribution in [2.45, 2.75) is 12.8 Å². The van der Waals surface area contributed by atoms with E-state index < -0.39 is 16.7 Å². The summed E-state index contributed by atoms with van der Waals surface area (Å²) in [5, 5.41) is 20.3. The van der Waals surface area contributed by atoms with Crippen LogP contribution in [0, 0.1) is 21.4 Å². The first-order chi connectivity index (χ1) is 9.02. The van der Waals surface area contributed by atoms with Gasteiger partial charge in [-0.1, -0.05) is 0 Å². The van der Waals surface area contributed by atoms with Gasteiger partial charge in [0.05, 0.1) is 16.6 Å². The highest BCUT2D eigenvalue weighted by Gasteiger charge is 2.30. The minimum Gasteiger partial charge on any atom is -0.282 e. The van der Waals surface area contributed by atoms with Gasteiger partial charge in [0.2, 0.25) is 11.8 Å². The van der Waals surface area contributed by atoms with E-state index in [1.165, 1.54) is 12.1 Å². The van der Waals surface area contributed by atoms with Crippen molar-refractivity contribution in [3.8, 4) is 6.07 Å². The molecule has 0 spiro atoms. The molecule has 0 unspecified atom stereocenters. The summed E-state index contributed by atoms with van der Waals surface area (Å²) in [6.45, 7) is 0. The number of nitro groups is 1. The summed E-state index contributed by atoms with van der Waals surface area (Å²) in [5.74, 6) is -0.882. The second-order valence-corrected chi connectivity index (χ2v) is 3.84. The monoisotopic (exact) mass is 260 g/mol. The van der Waals surface area contributed by atoms with Crippen LogP contribution in [0.2, 0.25) is 0 Å². The molecule has 1 N–H and O–H groups in total. The van der Waals surface area contributed by atoms with Gasteiger partial charge in [0.25, 0.3) is 5.69 Å². The fraction of sp³-hybridized carbons (Fsp3) is 0.182. The Morgan fingerprint density at radius 3 is 2.47 bits per heavy atom. The molecule has 0 atom stereocenters. The van der Waals surface area contributed by atoms with Crippen molar-refractivity contribution < 1.29 is 14.5 Å². The number of nitriles is 1. The summed E-state index contributed by atoms with van der Waals surface area (Å²) in [4.78, 5) is 33.0. The molecule has 1 fully saturated rings. The maximum Gasteiger partial charge on any atom is 0.295 e. The van der Waals surface area contributed by atoms with E-state index in [4.69, 9.17) is 5.26 Å². The van der Waals surface area contributed by atoms with Crippen LogP contribution in [0.3, 0.4) is 0 Å². The van der Waals surface area contributed by atoms with Crippen molar-refractivity contribution >= 4 is 23.2 Å². The van der Waals surface area contributed by atoms with Gasteiger partial charge in [-0.3, -0.25) is 25.1 Å². The molecule has 0 bridgehead atoms. The van der Waals surface area contributed by atoms with Gasteiger partial charge < -0.3 is 0 Å². The zero-order chi connectivity index (χ0) is 14.0. The molecule has 0 aliphatic carbocycles. The fourth-order valence-corrected chi connectivity index (χ4v) is 1.67. The molecule has 1 heterocycles. The van der Waals surface area contributed by atoms with Crippen LogP contribution in [0.25, 0.3) is 0 Å². The van der Waals surface area contributed by atoms with Crippen molar-refractivity contribution in [3.63, 3.8) is 0 Å². The number of imide groups is 1. The van der Waals surface area contributed by atoms with Crippen LogP contribution in [-0.2, 0) is 9.59 Å². The van der Waals surface area contributed by atoms with Crippen LogP contribution in [0.15, 0.2) is 18.2 Å². The number of hydrogen-bond acceptors (Lipinski definition) is 6. The van der Waals surface area contributed by atoms with Gasteiger partial charge in [-0.2, -0.15) is 10.3 Å². The number of hydrazine groups is 1. The lowest BCUT2D eigenvalue weighted by atomic mass is 10.2. The van der Waals surface area contributed by atoms with Crippen molar-refractivity contribution in [2.24, 2.45) is 0 Å². The third-order valence-corrected chi connectivity index (χ3v) is 2.61. The van der Waals surface area contributed by atoms with E-state index in [0.29, 0.717) is 0 Å². The lowest BCUT2D eigenvalue weighted by Crippen LogP contribution is -2.34. The highest BCUT2D eigenvalue weighted by atomic mass is 16.6. The van der Waals surface area contributed by atoms with Crippen molar-refractivity contribution in [2.75, 3.05) is 5.43 Å². The summed E-state index contributed by atoms with van der Waals surface area (Å²) in [7, 11) is 0. The number of nitrogens with one attached hydrogen (secondary N) is 1. The number of anilines is 1. The number of carbonyl (C=O) groups excluding carboxylic acids is 2. The number of benzene rings is 1. The maximum atomic E-state index is 11.4. The number of hydrogen-bond donors (Lipinski definition) is 1. The van der Waals surface area contributed by atoms with E-state index in [-0.39, 0.29) is 29.8 Å². The zero-order valence-corrected chi connectivity index (χ0v) is 9.62. The molecular formula is C11H8N4O4. The van der Waals surface area contributed by atoms with E-state index in [0.717, 1.165) is 11.1 Å². The largest absolute Gasteiger partial charge is 0.295 e. The van der Waals surface area contributed by atoms with Gasteiger partial charge in [0.15, 0.2) is 0 Å². The summed E-state index contributed by atoms with van der Waals surface area (Å²) < 4.78 is 0. The first kappa shape index (κ1) is 12.5. The smallest absolute Gasteiger partial charge is 0.282 e. The number of nitrogens with zero attached hydrogens (tertiary/aromatic N) is 3. The molecule has 1 saturated heterocycles. The van der Waals surface area contributed by atoms with Crippen LogP contribution in [0.4, 0.5) is 11.4 Å². The minimum atomic E-state index is -0.686. The zero-order valence-electron chi connectivity index (χ0n) is 9.62. The Balaban J connectivity index is 2.35. The SMILES string of the molecule is N#Cc1ccc(NN2C(=O)CCC2=O)c([N+](=O)[O-])c1. The molecule has 1 aliphatic heterocycles. The molecule has 1 aromatic rings.